The SMILES string of the molecule is C=C(C)C(=O)Oc1ccc(-c2ccc(OC)cc2F)cc1F. The first-order valence-corrected chi connectivity index (χ1v) is 6.43. The Hall–Kier alpha value is -2.69. The first kappa shape index (κ1) is 15.7. The van der Waals surface area contributed by atoms with Crippen LogP contribution >= 0.6 is 0 Å². The van der Waals surface area contributed by atoms with Crippen LogP contribution in [0.3, 0.4) is 0 Å². The highest BCUT2D eigenvalue weighted by molar-refractivity contribution is 5.88. The van der Waals surface area contributed by atoms with Gasteiger partial charge in [-0.15, -0.1) is 0 Å². The normalized spacial score (nSPS) is 10.2. The summed E-state index contributed by atoms with van der Waals surface area (Å²) in [4.78, 5) is 11.4. The maximum absolute atomic E-state index is 14.0. The predicted octanol–water partition coefficient (Wildman–Crippen LogP) is 4.12. The molecule has 0 saturated carbocycles. The third-order valence-electron chi connectivity index (χ3n) is 2.97. The van der Waals surface area contributed by atoms with Crippen LogP contribution in [0.1, 0.15) is 6.92 Å². The van der Waals surface area contributed by atoms with E-state index in [-0.39, 0.29) is 16.9 Å². The molecule has 0 atom stereocenters. The number of ether oxygens (including phenoxy) is 2. The van der Waals surface area contributed by atoms with Crippen LogP contribution in [-0.4, -0.2) is 13.1 Å². The Labute approximate surface area is 126 Å². The van der Waals surface area contributed by atoms with Gasteiger partial charge in [-0.2, -0.15) is 0 Å². The van der Waals surface area contributed by atoms with Crippen LogP contribution in [-0.2, 0) is 4.79 Å². The Morgan fingerprint density at radius 1 is 1.09 bits per heavy atom. The predicted molar refractivity (Wildman–Crippen MR) is 78.8 cm³/mol. The minimum Gasteiger partial charge on any atom is -0.497 e. The Morgan fingerprint density at radius 3 is 2.36 bits per heavy atom. The van der Waals surface area contributed by atoms with Crippen LogP contribution in [0.5, 0.6) is 11.5 Å². The van der Waals surface area contributed by atoms with Gasteiger partial charge in [0.2, 0.25) is 0 Å². The Kier molecular flexibility index (Phi) is 4.56. The number of benzene rings is 2. The maximum Gasteiger partial charge on any atom is 0.338 e. The third kappa shape index (κ3) is 3.31. The van der Waals surface area contributed by atoms with E-state index in [2.05, 4.69) is 6.58 Å². The van der Waals surface area contributed by atoms with E-state index >= 15 is 0 Å². The fourth-order valence-electron chi connectivity index (χ4n) is 1.80. The highest BCUT2D eigenvalue weighted by Crippen LogP contribution is 2.29. The van der Waals surface area contributed by atoms with Crippen molar-refractivity contribution in [3.63, 3.8) is 0 Å². The second kappa shape index (κ2) is 6.39. The van der Waals surface area contributed by atoms with Crippen LogP contribution in [0, 0.1) is 11.6 Å². The number of hydrogen-bond donors (Lipinski definition) is 0. The zero-order valence-electron chi connectivity index (χ0n) is 12.2. The fraction of sp³-hybridized carbons (Fsp3) is 0.118. The average Bonchev–Trinajstić information content (AvgIpc) is 2.49. The number of esters is 1. The molecule has 0 amide bonds. The number of halogens is 2. The second-order valence-electron chi connectivity index (χ2n) is 4.66. The molecule has 0 heterocycles. The molecular formula is C17H14F2O3. The van der Waals surface area contributed by atoms with Gasteiger partial charge in [-0.25, -0.2) is 13.6 Å². The Balaban J connectivity index is 2.33. The molecule has 5 heteroatoms. The van der Waals surface area contributed by atoms with Crippen LogP contribution in [0.2, 0.25) is 0 Å². The molecule has 0 aliphatic carbocycles. The molecule has 2 aromatic rings. The van der Waals surface area contributed by atoms with Crippen LogP contribution < -0.4 is 9.47 Å². The molecule has 114 valence electrons. The van der Waals surface area contributed by atoms with Gasteiger partial charge in [-0.3, -0.25) is 0 Å². The van der Waals surface area contributed by atoms with E-state index in [0.717, 1.165) is 6.07 Å². The molecule has 0 unspecified atom stereocenters. The third-order valence-corrected chi connectivity index (χ3v) is 2.97. The van der Waals surface area contributed by atoms with Crippen molar-refractivity contribution in [3.05, 3.63) is 60.2 Å². The van der Waals surface area contributed by atoms with Gasteiger partial charge >= 0.3 is 5.97 Å². The molecule has 0 radical (unpaired) electrons. The van der Waals surface area contributed by atoms with Gasteiger partial charge in [0.1, 0.15) is 11.6 Å². The van der Waals surface area contributed by atoms with Crippen molar-refractivity contribution in [1.29, 1.82) is 0 Å². The number of hydrogen-bond acceptors (Lipinski definition) is 3. The first-order chi connectivity index (χ1) is 10.4. The van der Waals surface area contributed by atoms with Crippen LogP contribution in [0.4, 0.5) is 8.78 Å². The number of carbonyl (C=O) groups is 1. The molecule has 0 N–H and O–H groups in total. The average molecular weight is 304 g/mol. The number of carbonyl (C=O) groups excluding carboxylic acids is 1. The molecule has 2 rings (SSSR count). The summed E-state index contributed by atoms with van der Waals surface area (Å²) >= 11 is 0. The Bertz CT molecular complexity index is 739. The summed E-state index contributed by atoms with van der Waals surface area (Å²) < 4.78 is 37.7. The molecule has 0 aliphatic heterocycles. The summed E-state index contributed by atoms with van der Waals surface area (Å²) in [5.74, 6) is -1.88. The highest BCUT2D eigenvalue weighted by Gasteiger charge is 2.13. The van der Waals surface area contributed by atoms with Crippen molar-refractivity contribution in [2.45, 2.75) is 6.92 Å². The molecule has 2 aromatic carbocycles. The lowest BCUT2D eigenvalue weighted by molar-refractivity contribution is -0.130. The molecule has 0 bridgehead atoms. The summed E-state index contributed by atoms with van der Waals surface area (Å²) in [5, 5.41) is 0. The molecule has 0 aliphatic rings. The molecule has 0 fully saturated rings. The van der Waals surface area contributed by atoms with E-state index in [4.69, 9.17) is 9.47 Å². The molecule has 0 saturated heterocycles. The number of rotatable bonds is 4. The van der Waals surface area contributed by atoms with E-state index in [1.54, 1.807) is 6.07 Å². The summed E-state index contributed by atoms with van der Waals surface area (Å²) in [7, 11) is 1.43. The summed E-state index contributed by atoms with van der Waals surface area (Å²) in [5.41, 5.74) is 0.704. The Morgan fingerprint density at radius 2 is 1.82 bits per heavy atom. The smallest absolute Gasteiger partial charge is 0.338 e. The number of methoxy groups -OCH3 is 1. The lowest BCUT2D eigenvalue weighted by Crippen LogP contribution is -2.09. The van der Waals surface area contributed by atoms with Gasteiger partial charge in [0.25, 0.3) is 0 Å². The zero-order chi connectivity index (χ0) is 16.3. The minimum absolute atomic E-state index is 0.157. The maximum atomic E-state index is 14.0. The van der Waals surface area contributed by atoms with E-state index in [1.165, 1.54) is 38.3 Å². The van der Waals surface area contributed by atoms with Gasteiger partial charge in [0.05, 0.1) is 7.11 Å². The molecule has 3 nitrogen and oxygen atoms in total. The van der Waals surface area contributed by atoms with E-state index in [1.807, 2.05) is 0 Å². The zero-order valence-corrected chi connectivity index (χ0v) is 12.2. The van der Waals surface area contributed by atoms with Crippen molar-refractivity contribution >= 4 is 5.97 Å². The largest absolute Gasteiger partial charge is 0.497 e. The highest BCUT2D eigenvalue weighted by atomic mass is 19.1. The van der Waals surface area contributed by atoms with Crippen molar-refractivity contribution in [3.8, 4) is 22.6 Å². The molecule has 0 spiro atoms. The van der Waals surface area contributed by atoms with E-state index in [9.17, 15) is 13.6 Å². The lowest BCUT2D eigenvalue weighted by atomic mass is 10.0. The van der Waals surface area contributed by atoms with Crippen molar-refractivity contribution in [2.24, 2.45) is 0 Å². The van der Waals surface area contributed by atoms with E-state index < -0.39 is 17.6 Å². The minimum atomic E-state index is -0.762. The van der Waals surface area contributed by atoms with Crippen molar-refractivity contribution < 1.29 is 23.0 Å². The molecule has 0 aromatic heterocycles. The van der Waals surface area contributed by atoms with Gasteiger partial charge in [0.15, 0.2) is 11.6 Å². The standard InChI is InChI=1S/C17H14F2O3/c1-10(2)17(20)22-16-7-4-11(8-15(16)19)13-6-5-12(21-3)9-14(13)18/h4-9H,1H2,2-3H3. The monoisotopic (exact) mass is 304 g/mol. The molecule has 22 heavy (non-hydrogen) atoms. The quantitative estimate of drug-likeness (QED) is 0.484. The van der Waals surface area contributed by atoms with Crippen LogP contribution in [0.15, 0.2) is 48.6 Å². The summed E-state index contributed by atoms with van der Waals surface area (Å²) in [6.45, 7) is 4.88. The van der Waals surface area contributed by atoms with Gasteiger partial charge in [0, 0.05) is 17.2 Å². The summed E-state index contributed by atoms with van der Waals surface area (Å²) in [6, 6.07) is 8.12. The van der Waals surface area contributed by atoms with Gasteiger partial charge in [-0.1, -0.05) is 12.6 Å². The van der Waals surface area contributed by atoms with Gasteiger partial charge in [-0.05, 0) is 36.8 Å². The second-order valence-corrected chi connectivity index (χ2v) is 4.66. The topological polar surface area (TPSA) is 35.5 Å². The van der Waals surface area contributed by atoms with E-state index in [0.29, 0.717) is 11.3 Å². The molecular weight excluding hydrogens is 290 g/mol. The summed E-state index contributed by atoms with van der Waals surface area (Å²) in [6.07, 6.45) is 0. The van der Waals surface area contributed by atoms with Crippen molar-refractivity contribution in [1.82, 2.24) is 0 Å². The first-order valence-electron chi connectivity index (χ1n) is 6.43. The van der Waals surface area contributed by atoms with Crippen molar-refractivity contribution in [2.75, 3.05) is 7.11 Å². The van der Waals surface area contributed by atoms with Gasteiger partial charge < -0.3 is 9.47 Å². The lowest BCUT2D eigenvalue weighted by Gasteiger charge is -2.09. The fourth-order valence-corrected chi connectivity index (χ4v) is 1.80. The van der Waals surface area contributed by atoms with Crippen LogP contribution in [0.25, 0.3) is 11.1 Å².